The van der Waals surface area contributed by atoms with Gasteiger partial charge in [0.25, 0.3) is 5.56 Å². The van der Waals surface area contributed by atoms with E-state index in [1.165, 1.54) is 15.9 Å². The van der Waals surface area contributed by atoms with Crippen molar-refractivity contribution in [2.75, 3.05) is 38.1 Å². The van der Waals surface area contributed by atoms with Gasteiger partial charge < -0.3 is 14.9 Å². The largest absolute Gasteiger partial charge is 0.478 e. The molecule has 4 aromatic heterocycles. The fourth-order valence-corrected chi connectivity index (χ4v) is 6.63. The summed E-state index contributed by atoms with van der Waals surface area (Å²) in [5.41, 5.74) is 3.58. The molecular formula is C32H26ClN7O3S. The average molecular weight is 624 g/mol. The average Bonchev–Trinajstić information content (AvgIpc) is 3.45. The number of likely N-dealkylation sites (N-methyl/N-ethyl adjacent to an activating group) is 1. The molecule has 44 heavy (non-hydrogen) atoms. The minimum Gasteiger partial charge on any atom is -0.478 e. The number of aromatic nitrogens is 4. The third kappa shape index (κ3) is 5.16. The van der Waals surface area contributed by atoms with E-state index in [1.54, 1.807) is 42.8 Å². The number of hydrogen-bond acceptors (Lipinski definition) is 9. The van der Waals surface area contributed by atoms with E-state index in [4.69, 9.17) is 16.6 Å². The number of nitrogens with zero attached hydrogens (tertiary/aromatic N) is 7. The van der Waals surface area contributed by atoms with Gasteiger partial charge in [-0.3, -0.25) is 14.3 Å². The van der Waals surface area contributed by atoms with Gasteiger partial charge in [0, 0.05) is 59.5 Å². The summed E-state index contributed by atoms with van der Waals surface area (Å²) in [6, 6.07) is 9.35. The van der Waals surface area contributed by atoms with Crippen molar-refractivity contribution in [3.63, 3.8) is 0 Å². The maximum Gasteiger partial charge on any atom is 0.338 e. The van der Waals surface area contributed by atoms with Crippen molar-refractivity contribution in [1.29, 1.82) is 5.26 Å². The van der Waals surface area contributed by atoms with Crippen LogP contribution in [0.15, 0.2) is 40.6 Å². The molecule has 5 aromatic rings. The van der Waals surface area contributed by atoms with Crippen molar-refractivity contribution < 1.29 is 9.90 Å². The second-order valence-corrected chi connectivity index (χ2v) is 11.9. The SMILES string of the molecule is Cc1nc(N2CCN(C)CC2)c(C#N)c2c(=O)n(CC#Cc3ccc(Cl)cc3-c3ccnc4c(C(=O)O)csc34)c(C)nc12. The molecule has 5 heterocycles. The van der Waals surface area contributed by atoms with Crippen LogP contribution in [-0.2, 0) is 6.54 Å². The summed E-state index contributed by atoms with van der Waals surface area (Å²) in [5, 5.41) is 22.1. The maximum absolute atomic E-state index is 13.9. The summed E-state index contributed by atoms with van der Waals surface area (Å²) in [5.74, 6) is 6.22. The lowest BCUT2D eigenvalue weighted by molar-refractivity contribution is 0.0699. The molecule has 1 saturated heterocycles. The lowest BCUT2D eigenvalue weighted by atomic mass is 10.00. The van der Waals surface area contributed by atoms with Gasteiger partial charge in [-0.2, -0.15) is 5.26 Å². The van der Waals surface area contributed by atoms with E-state index in [0.29, 0.717) is 56.7 Å². The number of hydrogen-bond donors (Lipinski definition) is 1. The van der Waals surface area contributed by atoms with Crippen molar-refractivity contribution in [3.8, 4) is 29.0 Å². The van der Waals surface area contributed by atoms with Crippen molar-refractivity contribution in [2.24, 2.45) is 0 Å². The molecule has 6 rings (SSSR count). The van der Waals surface area contributed by atoms with Gasteiger partial charge in [0.15, 0.2) is 0 Å². The molecule has 0 amide bonds. The number of nitriles is 1. The fraction of sp³-hybridized carbons (Fsp3) is 0.250. The number of carbonyl (C=O) groups is 1. The van der Waals surface area contributed by atoms with Crippen LogP contribution < -0.4 is 10.5 Å². The number of piperazine rings is 1. The summed E-state index contributed by atoms with van der Waals surface area (Å²) < 4.78 is 2.19. The van der Waals surface area contributed by atoms with Crippen LogP contribution in [0.3, 0.4) is 0 Å². The molecule has 1 fully saturated rings. The molecule has 0 radical (unpaired) electrons. The number of aromatic carboxylic acids is 1. The van der Waals surface area contributed by atoms with Gasteiger partial charge >= 0.3 is 5.97 Å². The first-order valence-corrected chi connectivity index (χ1v) is 15.1. The Hall–Kier alpha value is -4.81. The molecule has 10 nitrogen and oxygen atoms in total. The van der Waals surface area contributed by atoms with E-state index in [0.717, 1.165) is 24.2 Å². The van der Waals surface area contributed by atoms with Gasteiger partial charge in [0.05, 0.1) is 33.4 Å². The Morgan fingerprint density at radius 1 is 1.11 bits per heavy atom. The van der Waals surface area contributed by atoms with E-state index in [-0.39, 0.29) is 28.6 Å². The quantitative estimate of drug-likeness (QED) is 0.283. The van der Waals surface area contributed by atoms with Crippen LogP contribution in [0.25, 0.3) is 32.2 Å². The zero-order valence-electron chi connectivity index (χ0n) is 24.2. The van der Waals surface area contributed by atoms with Crippen molar-refractivity contribution in [2.45, 2.75) is 20.4 Å². The maximum atomic E-state index is 13.9. The number of thiophene rings is 1. The number of rotatable bonds is 4. The zero-order valence-corrected chi connectivity index (χ0v) is 25.8. The van der Waals surface area contributed by atoms with Crippen LogP contribution >= 0.6 is 22.9 Å². The molecule has 1 aliphatic rings. The Balaban J connectivity index is 1.42. The number of halogens is 1. The Bertz CT molecular complexity index is 2150. The number of carboxylic acid groups (broad SMARTS) is 1. The molecule has 0 saturated carbocycles. The van der Waals surface area contributed by atoms with Gasteiger partial charge in [-0.15, -0.1) is 11.3 Å². The van der Waals surface area contributed by atoms with E-state index in [2.05, 4.69) is 44.7 Å². The van der Waals surface area contributed by atoms with Gasteiger partial charge in [-0.25, -0.2) is 14.8 Å². The molecule has 220 valence electrons. The third-order valence-electron chi connectivity index (χ3n) is 7.78. The van der Waals surface area contributed by atoms with Gasteiger partial charge in [0.1, 0.15) is 28.8 Å². The van der Waals surface area contributed by atoms with E-state index in [9.17, 15) is 20.0 Å². The predicted octanol–water partition coefficient (Wildman–Crippen LogP) is 4.71. The summed E-state index contributed by atoms with van der Waals surface area (Å²) >= 11 is 7.67. The molecule has 0 aliphatic carbocycles. The molecule has 0 spiro atoms. The minimum absolute atomic E-state index is 0.0413. The summed E-state index contributed by atoms with van der Waals surface area (Å²) in [4.78, 5) is 43.6. The number of anilines is 1. The Morgan fingerprint density at radius 2 is 1.89 bits per heavy atom. The van der Waals surface area contributed by atoms with Crippen molar-refractivity contribution in [1.82, 2.24) is 24.4 Å². The predicted molar refractivity (Wildman–Crippen MR) is 172 cm³/mol. The van der Waals surface area contributed by atoms with Crippen LogP contribution in [-0.4, -0.2) is 68.7 Å². The van der Waals surface area contributed by atoms with Crippen molar-refractivity contribution >= 4 is 55.8 Å². The summed E-state index contributed by atoms with van der Waals surface area (Å²) in [6.07, 6.45) is 1.57. The number of benzene rings is 1. The van der Waals surface area contributed by atoms with E-state index in [1.807, 2.05) is 6.92 Å². The number of pyridine rings is 2. The Kier molecular flexibility index (Phi) is 7.78. The summed E-state index contributed by atoms with van der Waals surface area (Å²) in [7, 11) is 2.05. The lowest BCUT2D eigenvalue weighted by Crippen LogP contribution is -2.45. The third-order valence-corrected chi connectivity index (χ3v) is 9.02. The molecule has 1 aliphatic heterocycles. The highest BCUT2D eigenvalue weighted by molar-refractivity contribution is 7.18. The molecular weight excluding hydrogens is 598 g/mol. The first-order chi connectivity index (χ1) is 21.2. The normalized spacial score (nSPS) is 13.6. The molecule has 12 heteroatoms. The van der Waals surface area contributed by atoms with Crippen LogP contribution in [0.1, 0.15) is 33.0 Å². The first-order valence-electron chi connectivity index (χ1n) is 13.8. The van der Waals surface area contributed by atoms with Gasteiger partial charge in [0.2, 0.25) is 0 Å². The highest BCUT2D eigenvalue weighted by Gasteiger charge is 2.24. The Morgan fingerprint density at radius 3 is 2.61 bits per heavy atom. The van der Waals surface area contributed by atoms with Crippen LogP contribution in [0, 0.1) is 37.0 Å². The minimum atomic E-state index is -1.04. The van der Waals surface area contributed by atoms with Gasteiger partial charge in [-0.1, -0.05) is 23.4 Å². The standard InChI is InChI=1S/C32H26ClN7O3S/c1-18-27-26(24(16-34)30(36-18)39-13-11-38(3)12-14-39)31(41)40(19(2)37-27)10-4-5-20-6-7-21(33)15-23(20)22-8-9-35-28-25(32(42)43)17-44-29(22)28/h6-9,15,17H,10-14H2,1-3H3,(H,42,43). The molecule has 1 N–H and O–H groups in total. The first kappa shape index (κ1) is 29.3. The number of fused-ring (bicyclic) bond motifs is 2. The second-order valence-electron chi connectivity index (χ2n) is 10.6. The molecule has 0 atom stereocenters. The van der Waals surface area contributed by atoms with Crippen molar-refractivity contribution in [3.05, 3.63) is 79.4 Å². The number of carboxylic acids is 1. The fourth-order valence-electron chi connectivity index (χ4n) is 5.43. The van der Waals surface area contributed by atoms with Crippen LogP contribution in [0.4, 0.5) is 5.82 Å². The second kappa shape index (κ2) is 11.7. The van der Waals surface area contributed by atoms with Crippen LogP contribution in [0.5, 0.6) is 0 Å². The lowest BCUT2D eigenvalue weighted by Gasteiger charge is -2.34. The molecule has 1 aromatic carbocycles. The zero-order chi connectivity index (χ0) is 31.1. The topological polar surface area (TPSA) is 128 Å². The monoisotopic (exact) mass is 623 g/mol. The van der Waals surface area contributed by atoms with Crippen LogP contribution in [0.2, 0.25) is 5.02 Å². The van der Waals surface area contributed by atoms with Gasteiger partial charge in [-0.05, 0) is 45.2 Å². The highest BCUT2D eigenvalue weighted by Crippen LogP contribution is 2.36. The molecule has 0 bridgehead atoms. The number of aryl methyl sites for hydroxylation is 2. The van der Waals surface area contributed by atoms with E-state index < -0.39 is 5.97 Å². The summed E-state index contributed by atoms with van der Waals surface area (Å²) in [6.45, 7) is 6.67. The smallest absolute Gasteiger partial charge is 0.338 e. The molecule has 0 unspecified atom stereocenters. The Labute approximate surface area is 261 Å². The van der Waals surface area contributed by atoms with E-state index >= 15 is 0 Å². The highest BCUT2D eigenvalue weighted by atomic mass is 35.5.